The van der Waals surface area contributed by atoms with Gasteiger partial charge in [0.1, 0.15) is 17.2 Å². The van der Waals surface area contributed by atoms with Crippen molar-refractivity contribution in [1.29, 1.82) is 0 Å². The fourth-order valence-electron chi connectivity index (χ4n) is 2.90. The van der Waals surface area contributed by atoms with Crippen LogP contribution >= 0.6 is 11.8 Å². The van der Waals surface area contributed by atoms with Gasteiger partial charge in [-0.1, -0.05) is 42.5 Å². The molecule has 0 fully saturated rings. The molecule has 0 aromatic heterocycles. The Kier molecular flexibility index (Phi) is 7.60. The van der Waals surface area contributed by atoms with Crippen molar-refractivity contribution in [3.8, 4) is 17.2 Å². The average molecular weight is 472 g/mol. The molecule has 1 atom stereocenters. The lowest BCUT2D eigenvalue weighted by Crippen LogP contribution is -2.23. The first-order chi connectivity index (χ1) is 15.1. The number of ether oxygens (including phenoxy) is 2. The quantitative estimate of drug-likeness (QED) is 0.310. The third-order valence-corrected chi connectivity index (χ3v) is 5.45. The normalized spacial score (nSPS) is 12.9. The Morgan fingerprint density at radius 3 is 2.00 bits per heavy atom. The van der Waals surface area contributed by atoms with Gasteiger partial charge in [-0.3, -0.25) is 0 Å². The molecule has 3 aromatic carbocycles. The summed E-state index contributed by atoms with van der Waals surface area (Å²) in [6.45, 7) is 0. The second kappa shape index (κ2) is 10.2. The van der Waals surface area contributed by atoms with Crippen molar-refractivity contribution in [2.75, 3.05) is 5.75 Å². The molecule has 3 rings (SSSR count). The minimum absolute atomic E-state index is 0.124. The van der Waals surface area contributed by atoms with Gasteiger partial charge in [-0.25, -0.2) is 0 Å². The third-order valence-electron chi connectivity index (χ3n) is 4.34. The van der Waals surface area contributed by atoms with E-state index in [1.807, 2.05) is 18.2 Å². The number of rotatable bonds is 8. The summed E-state index contributed by atoms with van der Waals surface area (Å²) in [7, 11) is 0. The van der Waals surface area contributed by atoms with E-state index in [1.54, 1.807) is 36.4 Å². The van der Waals surface area contributed by atoms with E-state index in [0.717, 1.165) is 41.6 Å². The molecule has 32 heavy (non-hydrogen) atoms. The van der Waals surface area contributed by atoms with Crippen LogP contribution in [0.2, 0.25) is 0 Å². The SMILES string of the molecule is FC(F)(F)Oc1ccc(C(CSCc2cccc(Oc3ccccc3)c2)C(F)(F)F)cc1. The number of alkyl halides is 6. The molecule has 0 amide bonds. The number of halogens is 6. The van der Waals surface area contributed by atoms with Crippen LogP contribution in [-0.4, -0.2) is 18.3 Å². The molecule has 0 aliphatic heterocycles. The number of benzene rings is 3. The predicted molar refractivity (Wildman–Crippen MR) is 111 cm³/mol. The van der Waals surface area contributed by atoms with Crippen molar-refractivity contribution in [2.45, 2.75) is 24.2 Å². The lowest BCUT2D eigenvalue weighted by molar-refractivity contribution is -0.274. The summed E-state index contributed by atoms with van der Waals surface area (Å²) in [5, 5.41) is 0. The summed E-state index contributed by atoms with van der Waals surface area (Å²) in [5.74, 6) is -1.14. The Balaban J connectivity index is 1.62. The summed E-state index contributed by atoms with van der Waals surface area (Å²) in [5.41, 5.74) is 0.666. The summed E-state index contributed by atoms with van der Waals surface area (Å²) >= 11 is 1.08. The van der Waals surface area contributed by atoms with Crippen LogP contribution in [0.3, 0.4) is 0 Å². The molecule has 0 saturated carbocycles. The molecule has 0 spiro atoms. The fourth-order valence-corrected chi connectivity index (χ4v) is 4.05. The molecule has 0 radical (unpaired) electrons. The minimum atomic E-state index is -4.90. The van der Waals surface area contributed by atoms with Crippen molar-refractivity contribution in [3.63, 3.8) is 0 Å². The van der Waals surface area contributed by atoms with Gasteiger partial charge in [-0.05, 0) is 47.5 Å². The van der Waals surface area contributed by atoms with Crippen LogP contribution in [-0.2, 0) is 5.75 Å². The van der Waals surface area contributed by atoms with Crippen LogP contribution in [0.1, 0.15) is 17.0 Å². The smallest absolute Gasteiger partial charge is 0.457 e. The number of hydrogen-bond acceptors (Lipinski definition) is 3. The predicted octanol–water partition coefficient (Wildman–Crippen LogP) is 7.96. The Hall–Kier alpha value is -2.81. The first kappa shape index (κ1) is 23.8. The Bertz CT molecular complexity index is 988. The first-order valence-electron chi connectivity index (χ1n) is 9.42. The Morgan fingerprint density at radius 1 is 0.719 bits per heavy atom. The topological polar surface area (TPSA) is 18.5 Å². The molecule has 0 N–H and O–H groups in total. The maximum absolute atomic E-state index is 13.6. The monoisotopic (exact) mass is 472 g/mol. The maximum Gasteiger partial charge on any atom is 0.573 e. The number of para-hydroxylation sites is 1. The highest BCUT2D eigenvalue weighted by atomic mass is 32.2. The van der Waals surface area contributed by atoms with Gasteiger partial charge in [0.05, 0.1) is 5.92 Å². The highest BCUT2D eigenvalue weighted by Crippen LogP contribution is 2.39. The summed E-state index contributed by atoms with van der Waals surface area (Å²) < 4.78 is 86.9. The molecule has 0 aliphatic rings. The standard InChI is InChI=1S/C23H18F6O2S/c24-22(25,26)21(17-9-11-19(12-10-17)31-23(27,28)29)15-32-14-16-5-4-8-20(13-16)30-18-6-2-1-3-7-18/h1-13,21H,14-15H2. The molecule has 170 valence electrons. The lowest BCUT2D eigenvalue weighted by Gasteiger charge is -2.21. The molecule has 0 saturated heterocycles. The number of thioether (sulfide) groups is 1. The average Bonchev–Trinajstić information content (AvgIpc) is 2.71. The van der Waals surface area contributed by atoms with Crippen molar-refractivity contribution in [3.05, 3.63) is 90.0 Å². The second-order valence-corrected chi connectivity index (χ2v) is 7.82. The molecule has 0 heterocycles. The molecular weight excluding hydrogens is 454 g/mol. The van der Waals surface area contributed by atoms with Gasteiger partial charge in [-0.2, -0.15) is 24.9 Å². The van der Waals surface area contributed by atoms with Crippen molar-refractivity contribution < 1.29 is 35.8 Å². The lowest BCUT2D eigenvalue weighted by atomic mass is 10.0. The maximum atomic E-state index is 13.6. The van der Waals surface area contributed by atoms with E-state index in [0.29, 0.717) is 17.3 Å². The van der Waals surface area contributed by atoms with Crippen LogP contribution in [0.25, 0.3) is 0 Å². The molecule has 0 bridgehead atoms. The zero-order valence-electron chi connectivity index (χ0n) is 16.5. The van der Waals surface area contributed by atoms with Crippen LogP contribution in [0.15, 0.2) is 78.9 Å². The molecule has 0 aliphatic carbocycles. The van der Waals surface area contributed by atoms with Gasteiger partial charge in [0.25, 0.3) is 0 Å². The highest BCUT2D eigenvalue weighted by molar-refractivity contribution is 7.98. The molecule has 1 unspecified atom stereocenters. The van der Waals surface area contributed by atoms with E-state index in [4.69, 9.17) is 4.74 Å². The Morgan fingerprint density at radius 2 is 1.38 bits per heavy atom. The van der Waals surface area contributed by atoms with Gasteiger partial charge >= 0.3 is 12.5 Å². The summed E-state index contributed by atoms with van der Waals surface area (Å²) in [6, 6.07) is 19.9. The zero-order chi connectivity index (χ0) is 23.2. The van der Waals surface area contributed by atoms with E-state index in [-0.39, 0.29) is 11.3 Å². The van der Waals surface area contributed by atoms with Gasteiger partial charge in [-0.15, -0.1) is 13.2 Å². The summed E-state index contributed by atoms with van der Waals surface area (Å²) in [4.78, 5) is 0. The van der Waals surface area contributed by atoms with Crippen molar-refractivity contribution in [1.82, 2.24) is 0 Å². The van der Waals surface area contributed by atoms with Crippen molar-refractivity contribution in [2.24, 2.45) is 0 Å². The number of hydrogen-bond donors (Lipinski definition) is 0. The first-order valence-corrected chi connectivity index (χ1v) is 10.6. The van der Waals surface area contributed by atoms with Crippen LogP contribution < -0.4 is 9.47 Å². The van der Waals surface area contributed by atoms with E-state index in [9.17, 15) is 26.3 Å². The van der Waals surface area contributed by atoms with Gasteiger partial charge in [0, 0.05) is 11.5 Å². The van der Waals surface area contributed by atoms with E-state index >= 15 is 0 Å². The van der Waals surface area contributed by atoms with Crippen LogP contribution in [0.5, 0.6) is 17.2 Å². The second-order valence-electron chi connectivity index (χ2n) is 6.79. The van der Waals surface area contributed by atoms with E-state index < -0.39 is 24.2 Å². The molecule has 9 heteroatoms. The summed E-state index contributed by atoms with van der Waals surface area (Å²) in [6.07, 6.45) is -9.45. The van der Waals surface area contributed by atoms with Crippen LogP contribution in [0.4, 0.5) is 26.3 Å². The zero-order valence-corrected chi connectivity index (χ0v) is 17.3. The van der Waals surface area contributed by atoms with E-state index in [1.165, 1.54) is 0 Å². The van der Waals surface area contributed by atoms with Gasteiger partial charge in [0.2, 0.25) is 0 Å². The fraction of sp³-hybridized carbons (Fsp3) is 0.217. The van der Waals surface area contributed by atoms with E-state index in [2.05, 4.69) is 4.74 Å². The molecular formula is C23H18F6O2S. The van der Waals surface area contributed by atoms with Crippen molar-refractivity contribution >= 4 is 11.8 Å². The largest absolute Gasteiger partial charge is 0.573 e. The molecule has 3 aromatic rings. The van der Waals surface area contributed by atoms with Gasteiger partial charge < -0.3 is 9.47 Å². The third kappa shape index (κ3) is 7.40. The van der Waals surface area contributed by atoms with Gasteiger partial charge in [0.15, 0.2) is 0 Å². The minimum Gasteiger partial charge on any atom is -0.457 e. The molecule has 2 nitrogen and oxygen atoms in total. The van der Waals surface area contributed by atoms with Crippen LogP contribution in [0, 0.1) is 0 Å². The Labute approximate surface area is 185 Å². The highest BCUT2D eigenvalue weighted by Gasteiger charge is 2.40.